The van der Waals surface area contributed by atoms with Crippen molar-refractivity contribution in [2.45, 2.75) is 39.7 Å². The molecule has 24 heavy (non-hydrogen) atoms. The van der Waals surface area contributed by atoms with Crippen molar-refractivity contribution in [3.05, 3.63) is 47.7 Å². The molecule has 0 saturated carbocycles. The van der Waals surface area contributed by atoms with Gasteiger partial charge >= 0.3 is 0 Å². The third-order valence-corrected chi connectivity index (χ3v) is 4.53. The van der Waals surface area contributed by atoms with E-state index in [0.29, 0.717) is 11.7 Å². The molecule has 0 bridgehead atoms. The predicted molar refractivity (Wildman–Crippen MR) is 104 cm³/mol. The second kappa shape index (κ2) is 7.04. The molecule has 1 aliphatic heterocycles. The van der Waals surface area contributed by atoms with Crippen molar-refractivity contribution >= 4 is 22.8 Å². The predicted octanol–water partition coefficient (Wildman–Crippen LogP) is 4.01. The summed E-state index contributed by atoms with van der Waals surface area (Å²) in [7, 11) is 0. The number of aliphatic imine (C=N–C) groups is 2. The summed E-state index contributed by atoms with van der Waals surface area (Å²) in [6.07, 6.45) is 6.19. The van der Waals surface area contributed by atoms with E-state index in [9.17, 15) is 0 Å². The molecule has 0 fully saturated rings. The zero-order chi connectivity index (χ0) is 17.1. The summed E-state index contributed by atoms with van der Waals surface area (Å²) in [6, 6.07) is 8.86. The molecule has 1 aliphatic carbocycles. The van der Waals surface area contributed by atoms with Crippen molar-refractivity contribution in [2.75, 3.05) is 18.0 Å². The van der Waals surface area contributed by atoms with Gasteiger partial charge in [-0.1, -0.05) is 6.08 Å². The Morgan fingerprint density at radius 2 is 1.96 bits per heavy atom. The van der Waals surface area contributed by atoms with Gasteiger partial charge in [-0.15, -0.1) is 0 Å². The van der Waals surface area contributed by atoms with Crippen LogP contribution in [-0.4, -0.2) is 30.6 Å². The van der Waals surface area contributed by atoms with Crippen LogP contribution in [0.2, 0.25) is 0 Å². The summed E-state index contributed by atoms with van der Waals surface area (Å²) in [5, 5.41) is 0. The molecule has 1 aromatic carbocycles. The Balaban J connectivity index is 1.90. The minimum absolute atomic E-state index is 0.480. The molecule has 2 aliphatic rings. The highest BCUT2D eigenvalue weighted by Crippen LogP contribution is 2.25. The SMILES string of the molecule is CCN(c1ccc(N=C2C(N)=CC=C3CCCN=C32)cc1)C(C)C. The van der Waals surface area contributed by atoms with Gasteiger partial charge in [-0.3, -0.25) is 4.99 Å². The summed E-state index contributed by atoms with van der Waals surface area (Å²) in [6.45, 7) is 8.45. The van der Waals surface area contributed by atoms with Gasteiger partial charge in [0.1, 0.15) is 5.71 Å². The Hall–Kier alpha value is -2.36. The lowest BCUT2D eigenvalue weighted by atomic mass is 9.92. The summed E-state index contributed by atoms with van der Waals surface area (Å²) in [5.74, 6) is 0. The largest absolute Gasteiger partial charge is 0.397 e. The molecular weight excluding hydrogens is 296 g/mol. The summed E-state index contributed by atoms with van der Waals surface area (Å²) < 4.78 is 0. The minimum atomic E-state index is 0.480. The Morgan fingerprint density at radius 3 is 2.62 bits per heavy atom. The van der Waals surface area contributed by atoms with Crippen molar-refractivity contribution in [3.8, 4) is 0 Å². The second-order valence-corrected chi connectivity index (χ2v) is 6.50. The summed E-state index contributed by atoms with van der Waals surface area (Å²) >= 11 is 0. The zero-order valence-corrected chi connectivity index (χ0v) is 14.8. The van der Waals surface area contributed by atoms with Crippen LogP contribution < -0.4 is 10.6 Å². The van der Waals surface area contributed by atoms with E-state index in [1.54, 1.807) is 0 Å². The van der Waals surface area contributed by atoms with Crippen LogP contribution >= 0.6 is 0 Å². The van der Waals surface area contributed by atoms with Gasteiger partial charge in [-0.05, 0) is 69.5 Å². The van der Waals surface area contributed by atoms with Gasteiger partial charge in [0.2, 0.25) is 0 Å². The molecule has 4 heteroatoms. The lowest BCUT2D eigenvalue weighted by Gasteiger charge is -2.27. The maximum atomic E-state index is 6.17. The number of allylic oxidation sites excluding steroid dienone is 4. The van der Waals surface area contributed by atoms with E-state index in [1.807, 2.05) is 6.08 Å². The number of hydrogen-bond acceptors (Lipinski definition) is 4. The lowest BCUT2D eigenvalue weighted by Crippen LogP contribution is -2.30. The molecule has 0 amide bonds. The Morgan fingerprint density at radius 1 is 1.21 bits per heavy atom. The molecule has 2 N–H and O–H groups in total. The van der Waals surface area contributed by atoms with E-state index in [2.05, 4.69) is 61.0 Å². The van der Waals surface area contributed by atoms with Crippen molar-refractivity contribution < 1.29 is 0 Å². The Labute approximate surface area is 144 Å². The number of benzene rings is 1. The first-order valence-electron chi connectivity index (χ1n) is 8.77. The highest BCUT2D eigenvalue weighted by molar-refractivity contribution is 6.54. The molecule has 0 saturated heterocycles. The average molecular weight is 322 g/mol. The van der Waals surface area contributed by atoms with Gasteiger partial charge in [-0.25, -0.2) is 4.99 Å². The van der Waals surface area contributed by atoms with Crippen molar-refractivity contribution in [1.82, 2.24) is 0 Å². The molecular formula is C20H26N4. The van der Waals surface area contributed by atoms with Crippen LogP contribution in [0.15, 0.2) is 57.7 Å². The standard InChI is InChI=1S/C20H26N4/c1-4-24(14(2)3)17-10-8-16(9-11-17)23-20-18(21)12-7-15-6-5-13-22-19(15)20/h7-12,14H,4-6,13,21H2,1-3H3. The van der Waals surface area contributed by atoms with Crippen LogP contribution in [0.5, 0.6) is 0 Å². The first-order chi connectivity index (χ1) is 11.6. The fourth-order valence-electron chi connectivity index (χ4n) is 3.29. The fourth-order valence-corrected chi connectivity index (χ4v) is 3.29. The zero-order valence-electron chi connectivity index (χ0n) is 14.8. The van der Waals surface area contributed by atoms with Crippen molar-refractivity contribution in [2.24, 2.45) is 15.7 Å². The van der Waals surface area contributed by atoms with Gasteiger partial charge in [0.25, 0.3) is 0 Å². The molecule has 4 nitrogen and oxygen atoms in total. The molecule has 0 spiro atoms. The fraction of sp³-hybridized carbons (Fsp3) is 0.400. The van der Waals surface area contributed by atoms with Crippen LogP contribution in [0, 0.1) is 0 Å². The number of anilines is 1. The van der Waals surface area contributed by atoms with Gasteiger partial charge < -0.3 is 10.6 Å². The smallest absolute Gasteiger partial charge is 0.112 e. The van der Waals surface area contributed by atoms with E-state index >= 15 is 0 Å². The number of rotatable bonds is 4. The topological polar surface area (TPSA) is 54.0 Å². The normalized spacial score (nSPS) is 18.8. The third-order valence-electron chi connectivity index (χ3n) is 4.53. The van der Waals surface area contributed by atoms with Gasteiger partial charge in [0.15, 0.2) is 0 Å². The van der Waals surface area contributed by atoms with E-state index in [0.717, 1.165) is 43.0 Å². The van der Waals surface area contributed by atoms with Gasteiger partial charge in [0.05, 0.1) is 17.1 Å². The van der Waals surface area contributed by atoms with Crippen LogP contribution in [0.4, 0.5) is 11.4 Å². The van der Waals surface area contributed by atoms with Gasteiger partial charge in [0, 0.05) is 24.8 Å². The summed E-state index contributed by atoms with van der Waals surface area (Å²) in [5.41, 5.74) is 12.0. The molecule has 0 unspecified atom stereocenters. The van der Waals surface area contributed by atoms with Crippen LogP contribution in [0.1, 0.15) is 33.6 Å². The maximum Gasteiger partial charge on any atom is 0.112 e. The molecule has 0 aromatic heterocycles. The molecule has 0 radical (unpaired) electrons. The third kappa shape index (κ3) is 3.28. The number of fused-ring (bicyclic) bond motifs is 1. The van der Waals surface area contributed by atoms with Crippen LogP contribution in [0.25, 0.3) is 0 Å². The first kappa shape index (κ1) is 16.5. The highest BCUT2D eigenvalue weighted by atomic mass is 15.1. The first-order valence-corrected chi connectivity index (χ1v) is 8.77. The second-order valence-electron chi connectivity index (χ2n) is 6.50. The van der Waals surface area contributed by atoms with E-state index in [4.69, 9.17) is 10.7 Å². The quantitative estimate of drug-likeness (QED) is 0.852. The van der Waals surface area contributed by atoms with E-state index in [-0.39, 0.29) is 0 Å². The van der Waals surface area contributed by atoms with E-state index in [1.165, 1.54) is 11.3 Å². The van der Waals surface area contributed by atoms with Gasteiger partial charge in [-0.2, -0.15) is 0 Å². The molecule has 126 valence electrons. The van der Waals surface area contributed by atoms with E-state index < -0.39 is 0 Å². The van der Waals surface area contributed by atoms with Crippen LogP contribution in [-0.2, 0) is 0 Å². The molecule has 3 rings (SSSR count). The Bertz CT molecular complexity index is 721. The minimum Gasteiger partial charge on any atom is -0.397 e. The monoisotopic (exact) mass is 322 g/mol. The van der Waals surface area contributed by atoms with Crippen LogP contribution in [0.3, 0.4) is 0 Å². The maximum absolute atomic E-state index is 6.17. The number of hydrogen-bond donors (Lipinski definition) is 1. The number of nitrogens with two attached hydrogens (primary N) is 1. The average Bonchev–Trinajstić information content (AvgIpc) is 2.59. The molecule has 0 atom stereocenters. The Kier molecular flexibility index (Phi) is 4.84. The highest BCUT2D eigenvalue weighted by Gasteiger charge is 2.22. The molecule has 1 heterocycles. The van der Waals surface area contributed by atoms with Crippen molar-refractivity contribution in [3.63, 3.8) is 0 Å². The van der Waals surface area contributed by atoms with Crippen molar-refractivity contribution in [1.29, 1.82) is 0 Å². The summed E-state index contributed by atoms with van der Waals surface area (Å²) in [4.78, 5) is 11.8. The molecule has 1 aromatic rings. The number of nitrogens with zero attached hydrogens (tertiary/aromatic N) is 3. The lowest BCUT2D eigenvalue weighted by molar-refractivity contribution is 0.704.